The summed E-state index contributed by atoms with van der Waals surface area (Å²) in [5, 5.41) is 15.3. The average Bonchev–Trinajstić information content (AvgIpc) is 2.32. The van der Waals surface area contributed by atoms with E-state index in [2.05, 4.69) is 15.6 Å². The van der Waals surface area contributed by atoms with Crippen molar-refractivity contribution < 1.29 is 18.3 Å². The summed E-state index contributed by atoms with van der Waals surface area (Å²) in [5.74, 6) is 0.0923. The highest BCUT2D eigenvalue weighted by Crippen LogP contribution is 2.17. The Labute approximate surface area is 129 Å². The molecule has 1 aromatic heterocycles. The maximum Gasteiger partial charge on any atom is 0.405 e. The first kappa shape index (κ1) is 20.0. The number of aliphatic hydroxyl groups is 1. The van der Waals surface area contributed by atoms with Crippen LogP contribution in [0.15, 0.2) is 18.2 Å². The van der Waals surface area contributed by atoms with Gasteiger partial charge in [-0.15, -0.1) is 0 Å². The Hall–Kier alpha value is -0.990. The molecule has 0 aliphatic heterocycles. The fourth-order valence-corrected chi connectivity index (χ4v) is 1.43. The standard InChI is InChI=1S/C13H20F3N3O.H2S/c1-12(2,3)18-7-10(20)9-5-4-6-11(19-9)17-8-13(14,15)16;/h4-6,10,18,20H,7-8H2,1-3H3,(H,17,19);1H2/t10-;/m0./s1. The van der Waals surface area contributed by atoms with Gasteiger partial charge in [-0.05, 0) is 32.9 Å². The molecular weight excluding hydrogens is 303 g/mol. The summed E-state index contributed by atoms with van der Waals surface area (Å²) in [6.07, 6.45) is -5.17. The fraction of sp³-hybridized carbons (Fsp3) is 0.615. The minimum atomic E-state index is -4.30. The number of aromatic nitrogens is 1. The lowest BCUT2D eigenvalue weighted by Gasteiger charge is -2.22. The number of anilines is 1. The number of β-amino-alcohol motifs (C(OH)–C–C–N with tert-alkyl or cyclic N) is 1. The van der Waals surface area contributed by atoms with Crippen molar-refractivity contribution in [2.24, 2.45) is 0 Å². The van der Waals surface area contributed by atoms with Crippen molar-refractivity contribution in [3.63, 3.8) is 0 Å². The molecule has 1 rings (SSSR count). The zero-order valence-corrected chi connectivity index (χ0v) is 13.3. The molecule has 3 N–H and O–H groups in total. The van der Waals surface area contributed by atoms with Gasteiger partial charge in [-0.2, -0.15) is 26.7 Å². The van der Waals surface area contributed by atoms with Crippen LogP contribution in [0.2, 0.25) is 0 Å². The van der Waals surface area contributed by atoms with Gasteiger partial charge in [-0.1, -0.05) is 6.07 Å². The molecule has 0 saturated carbocycles. The second-order valence-corrected chi connectivity index (χ2v) is 5.56. The lowest BCUT2D eigenvalue weighted by Crippen LogP contribution is -2.38. The monoisotopic (exact) mass is 325 g/mol. The highest BCUT2D eigenvalue weighted by atomic mass is 32.1. The number of hydrogen-bond acceptors (Lipinski definition) is 4. The molecule has 0 aliphatic carbocycles. The van der Waals surface area contributed by atoms with E-state index in [9.17, 15) is 18.3 Å². The van der Waals surface area contributed by atoms with Crippen LogP contribution in [0.4, 0.5) is 19.0 Å². The molecule has 122 valence electrons. The third kappa shape index (κ3) is 8.79. The van der Waals surface area contributed by atoms with Gasteiger partial charge in [0.25, 0.3) is 0 Å². The molecule has 1 aromatic rings. The van der Waals surface area contributed by atoms with Crippen molar-refractivity contribution in [3.8, 4) is 0 Å². The average molecular weight is 325 g/mol. The molecule has 0 bridgehead atoms. The molecule has 0 saturated heterocycles. The normalized spacial score (nSPS) is 13.5. The molecular formula is C13H22F3N3OS. The van der Waals surface area contributed by atoms with Crippen molar-refractivity contribution >= 4 is 19.3 Å². The Morgan fingerprint density at radius 1 is 1.24 bits per heavy atom. The van der Waals surface area contributed by atoms with Crippen molar-refractivity contribution in [2.45, 2.75) is 38.6 Å². The van der Waals surface area contributed by atoms with E-state index < -0.39 is 18.8 Å². The molecule has 8 heteroatoms. The Bertz CT molecular complexity index is 435. The van der Waals surface area contributed by atoms with Gasteiger partial charge in [0.2, 0.25) is 0 Å². The summed E-state index contributed by atoms with van der Waals surface area (Å²) < 4.78 is 36.3. The van der Waals surface area contributed by atoms with Crippen molar-refractivity contribution in [1.82, 2.24) is 10.3 Å². The second kappa shape index (κ2) is 7.86. The Balaban J connectivity index is 0.00000400. The zero-order valence-electron chi connectivity index (χ0n) is 12.3. The number of alkyl halides is 3. The van der Waals surface area contributed by atoms with Crippen LogP contribution >= 0.6 is 13.5 Å². The van der Waals surface area contributed by atoms with Crippen LogP contribution in [0.25, 0.3) is 0 Å². The molecule has 0 radical (unpaired) electrons. The van der Waals surface area contributed by atoms with Gasteiger partial charge < -0.3 is 15.7 Å². The van der Waals surface area contributed by atoms with Crippen LogP contribution in [0.3, 0.4) is 0 Å². The first-order chi connectivity index (χ1) is 9.07. The van der Waals surface area contributed by atoms with E-state index >= 15 is 0 Å². The van der Waals surface area contributed by atoms with E-state index in [0.717, 1.165) is 0 Å². The first-order valence-electron chi connectivity index (χ1n) is 6.27. The van der Waals surface area contributed by atoms with E-state index in [0.29, 0.717) is 5.69 Å². The molecule has 0 fully saturated rings. The molecule has 0 aromatic carbocycles. The summed E-state index contributed by atoms with van der Waals surface area (Å²) >= 11 is 0. The Morgan fingerprint density at radius 3 is 2.38 bits per heavy atom. The van der Waals surface area contributed by atoms with Gasteiger partial charge in [0, 0.05) is 12.1 Å². The highest BCUT2D eigenvalue weighted by Gasteiger charge is 2.26. The summed E-state index contributed by atoms with van der Waals surface area (Å²) in [6.45, 7) is 4.98. The molecule has 0 amide bonds. The van der Waals surface area contributed by atoms with Crippen LogP contribution in [0.1, 0.15) is 32.6 Å². The molecule has 0 unspecified atom stereocenters. The van der Waals surface area contributed by atoms with Crippen LogP contribution in [-0.4, -0.2) is 34.9 Å². The maximum absolute atomic E-state index is 12.1. The smallest absolute Gasteiger partial charge is 0.385 e. The molecule has 0 spiro atoms. The van der Waals surface area contributed by atoms with Gasteiger partial charge >= 0.3 is 6.18 Å². The minimum absolute atomic E-state index is 0. The predicted molar refractivity (Wildman–Crippen MR) is 81.9 cm³/mol. The molecule has 21 heavy (non-hydrogen) atoms. The number of aliphatic hydroxyl groups excluding tert-OH is 1. The topological polar surface area (TPSA) is 57.2 Å². The Morgan fingerprint density at radius 2 is 1.86 bits per heavy atom. The maximum atomic E-state index is 12.1. The zero-order chi connectivity index (χ0) is 15.4. The van der Waals surface area contributed by atoms with Crippen molar-refractivity contribution in [1.29, 1.82) is 0 Å². The first-order valence-corrected chi connectivity index (χ1v) is 6.27. The summed E-state index contributed by atoms with van der Waals surface area (Å²) in [5.41, 5.74) is 0.168. The number of nitrogens with one attached hydrogen (secondary N) is 2. The number of hydrogen-bond donors (Lipinski definition) is 3. The van der Waals surface area contributed by atoms with E-state index in [-0.39, 0.29) is 31.4 Å². The Kier molecular flexibility index (Phi) is 7.49. The molecule has 1 atom stereocenters. The van der Waals surface area contributed by atoms with E-state index in [1.807, 2.05) is 20.8 Å². The number of halogens is 3. The quantitative estimate of drug-likeness (QED) is 0.779. The van der Waals surface area contributed by atoms with Gasteiger partial charge in [0.15, 0.2) is 0 Å². The van der Waals surface area contributed by atoms with E-state index in [1.54, 1.807) is 12.1 Å². The number of pyridine rings is 1. The summed E-state index contributed by atoms with van der Waals surface area (Å²) in [4.78, 5) is 3.98. The van der Waals surface area contributed by atoms with Crippen LogP contribution in [0, 0.1) is 0 Å². The highest BCUT2D eigenvalue weighted by molar-refractivity contribution is 7.59. The second-order valence-electron chi connectivity index (χ2n) is 5.56. The van der Waals surface area contributed by atoms with Crippen molar-refractivity contribution in [3.05, 3.63) is 23.9 Å². The number of nitrogens with zero attached hydrogens (tertiary/aromatic N) is 1. The SMILES string of the molecule is CC(C)(C)NC[C@H](O)c1cccc(NCC(F)(F)F)n1.S. The summed E-state index contributed by atoms with van der Waals surface area (Å²) in [7, 11) is 0. The predicted octanol–water partition coefficient (Wildman–Crippen LogP) is 2.59. The van der Waals surface area contributed by atoms with Crippen molar-refractivity contribution in [2.75, 3.05) is 18.4 Å². The van der Waals surface area contributed by atoms with Gasteiger partial charge in [-0.25, -0.2) is 4.98 Å². The minimum Gasteiger partial charge on any atom is -0.385 e. The van der Waals surface area contributed by atoms with E-state index in [4.69, 9.17) is 0 Å². The van der Waals surface area contributed by atoms with Crippen LogP contribution in [0.5, 0.6) is 0 Å². The van der Waals surface area contributed by atoms with Crippen LogP contribution in [-0.2, 0) is 0 Å². The van der Waals surface area contributed by atoms with Crippen LogP contribution < -0.4 is 10.6 Å². The molecule has 0 aliphatic rings. The number of rotatable bonds is 5. The molecule has 1 heterocycles. The lowest BCUT2D eigenvalue weighted by atomic mass is 10.1. The third-order valence-electron chi connectivity index (χ3n) is 2.41. The third-order valence-corrected chi connectivity index (χ3v) is 2.41. The summed E-state index contributed by atoms with van der Waals surface area (Å²) in [6, 6.07) is 4.56. The molecule has 4 nitrogen and oxygen atoms in total. The lowest BCUT2D eigenvalue weighted by molar-refractivity contribution is -0.115. The largest absolute Gasteiger partial charge is 0.405 e. The fourth-order valence-electron chi connectivity index (χ4n) is 1.43. The van der Waals surface area contributed by atoms with E-state index in [1.165, 1.54) is 6.07 Å². The van der Waals surface area contributed by atoms with Gasteiger partial charge in [-0.3, -0.25) is 0 Å². The van der Waals surface area contributed by atoms with Gasteiger partial charge in [0.05, 0.1) is 5.69 Å². The van der Waals surface area contributed by atoms with Gasteiger partial charge in [0.1, 0.15) is 18.5 Å².